The molecule has 1 amide bonds. The van der Waals surface area contributed by atoms with Crippen LogP contribution in [0, 0.1) is 0 Å². The fraction of sp³-hybridized carbons (Fsp3) is 0.348. The minimum absolute atomic E-state index is 0.0199. The van der Waals surface area contributed by atoms with Gasteiger partial charge in [-0.1, -0.05) is 48.9 Å². The first kappa shape index (κ1) is 19.0. The van der Waals surface area contributed by atoms with Crippen molar-refractivity contribution in [2.75, 3.05) is 26.3 Å². The number of aromatic amines is 1. The SMILES string of the molecule is CCc1cccc2c([C@@H](CC(=O)N3CCOCC3)c3ccc(Cl)cc3)c[nH]c12. The minimum Gasteiger partial charge on any atom is -0.378 e. The van der Waals surface area contributed by atoms with Crippen molar-refractivity contribution in [1.82, 2.24) is 9.88 Å². The molecular weight excluding hydrogens is 372 g/mol. The molecule has 0 bridgehead atoms. The molecule has 0 radical (unpaired) electrons. The number of hydrogen-bond donors (Lipinski definition) is 1. The number of rotatable bonds is 5. The van der Waals surface area contributed by atoms with Crippen molar-refractivity contribution < 1.29 is 9.53 Å². The number of fused-ring (bicyclic) bond motifs is 1. The quantitative estimate of drug-likeness (QED) is 0.675. The number of morpholine rings is 1. The largest absolute Gasteiger partial charge is 0.378 e. The van der Waals surface area contributed by atoms with E-state index < -0.39 is 0 Å². The number of aromatic nitrogens is 1. The van der Waals surface area contributed by atoms with E-state index >= 15 is 0 Å². The molecule has 4 rings (SSSR count). The maximum atomic E-state index is 13.0. The van der Waals surface area contributed by atoms with Crippen LogP contribution in [0.5, 0.6) is 0 Å². The predicted molar refractivity (Wildman–Crippen MR) is 113 cm³/mol. The Morgan fingerprint density at radius 3 is 2.64 bits per heavy atom. The van der Waals surface area contributed by atoms with E-state index in [0.29, 0.717) is 37.7 Å². The lowest BCUT2D eigenvalue weighted by Gasteiger charge is -2.28. The van der Waals surface area contributed by atoms with E-state index in [-0.39, 0.29) is 11.8 Å². The maximum absolute atomic E-state index is 13.0. The van der Waals surface area contributed by atoms with Gasteiger partial charge in [-0.3, -0.25) is 4.79 Å². The number of nitrogens with zero attached hydrogens (tertiary/aromatic N) is 1. The van der Waals surface area contributed by atoms with Crippen molar-refractivity contribution in [3.8, 4) is 0 Å². The molecule has 0 spiro atoms. The van der Waals surface area contributed by atoms with Gasteiger partial charge in [0.05, 0.1) is 13.2 Å². The molecule has 1 N–H and O–H groups in total. The molecule has 1 saturated heterocycles. The molecule has 4 nitrogen and oxygen atoms in total. The number of carbonyl (C=O) groups is 1. The van der Waals surface area contributed by atoms with Crippen molar-refractivity contribution in [2.45, 2.75) is 25.7 Å². The third kappa shape index (κ3) is 3.80. The molecule has 0 unspecified atom stereocenters. The molecule has 3 aromatic rings. The predicted octanol–water partition coefficient (Wildman–Crippen LogP) is 4.76. The van der Waals surface area contributed by atoms with Crippen LogP contribution in [0.1, 0.15) is 36.0 Å². The number of carbonyl (C=O) groups excluding carboxylic acids is 1. The van der Waals surface area contributed by atoms with Crippen molar-refractivity contribution in [2.24, 2.45) is 0 Å². The Kier molecular flexibility index (Phi) is 5.69. The molecule has 146 valence electrons. The number of H-pyrrole nitrogens is 1. The summed E-state index contributed by atoms with van der Waals surface area (Å²) in [5.74, 6) is 0.151. The summed E-state index contributed by atoms with van der Waals surface area (Å²) >= 11 is 6.11. The molecule has 1 aliphatic heterocycles. The molecule has 0 aliphatic carbocycles. The molecule has 1 fully saturated rings. The van der Waals surface area contributed by atoms with Gasteiger partial charge in [0, 0.05) is 47.6 Å². The Morgan fingerprint density at radius 1 is 1.18 bits per heavy atom. The third-order valence-corrected chi connectivity index (χ3v) is 5.86. The summed E-state index contributed by atoms with van der Waals surface area (Å²) in [6.45, 7) is 4.72. The summed E-state index contributed by atoms with van der Waals surface area (Å²) in [4.78, 5) is 18.4. The van der Waals surface area contributed by atoms with E-state index in [2.05, 4.69) is 36.3 Å². The second-order valence-corrected chi connectivity index (χ2v) is 7.68. The fourth-order valence-corrected chi connectivity index (χ4v) is 4.17. The summed E-state index contributed by atoms with van der Waals surface area (Å²) in [5.41, 5.74) is 4.72. The van der Waals surface area contributed by atoms with Gasteiger partial charge in [-0.05, 0) is 35.2 Å². The number of hydrogen-bond acceptors (Lipinski definition) is 2. The molecule has 1 aliphatic rings. The van der Waals surface area contributed by atoms with Crippen LogP contribution in [0.25, 0.3) is 10.9 Å². The third-order valence-electron chi connectivity index (χ3n) is 5.60. The van der Waals surface area contributed by atoms with Gasteiger partial charge >= 0.3 is 0 Å². The van der Waals surface area contributed by atoms with Gasteiger partial charge in [-0.25, -0.2) is 0 Å². The summed E-state index contributed by atoms with van der Waals surface area (Å²) in [6.07, 6.45) is 3.47. The van der Waals surface area contributed by atoms with Crippen LogP contribution in [0.3, 0.4) is 0 Å². The number of ether oxygens (including phenoxy) is 1. The monoisotopic (exact) mass is 396 g/mol. The van der Waals surface area contributed by atoms with E-state index in [9.17, 15) is 4.79 Å². The average Bonchev–Trinajstić information content (AvgIpc) is 3.17. The minimum atomic E-state index is -0.0199. The Bertz CT molecular complexity index is 958. The maximum Gasteiger partial charge on any atom is 0.223 e. The molecule has 2 aromatic carbocycles. The van der Waals surface area contributed by atoms with Gasteiger partial charge < -0.3 is 14.6 Å². The molecule has 1 aromatic heterocycles. The van der Waals surface area contributed by atoms with Crippen molar-refractivity contribution in [3.05, 3.63) is 70.4 Å². The van der Waals surface area contributed by atoms with Crippen LogP contribution in [-0.2, 0) is 16.0 Å². The topological polar surface area (TPSA) is 45.3 Å². The number of nitrogens with one attached hydrogen (secondary N) is 1. The Labute approximate surface area is 170 Å². The number of aryl methyl sites for hydroxylation is 1. The standard InChI is InChI=1S/C23H25ClN2O2/c1-2-16-4-3-5-19-21(15-25-23(16)19)20(17-6-8-18(24)9-7-17)14-22(27)26-10-12-28-13-11-26/h3-9,15,20,25H,2,10-14H2,1H3/t20-/m0/s1. The first-order chi connectivity index (χ1) is 13.7. The summed E-state index contributed by atoms with van der Waals surface area (Å²) < 4.78 is 5.39. The van der Waals surface area contributed by atoms with Gasteiger partial charge in [-0.15, -0.1) is 0 Å². The average molecular weight is 397 g/mol. The highest BCUT2D eigenvalue weighted by Gasteiger charge is 2.25. The number of halogens is 1. The van der Waals surface area contributed by atoms with Crippen LogP contribution in [-0.4, -0.2) is 42.1 Å². The Morgan fingerprint density at radius 2 is 1.93 bits per heavy atom. The molecule has 28 heavy (non-hydrogen) atoms. The van der Waals surface area contributed by atoms with Gasteiger partial charge in [0.2, 0.25) is 5.91 Å². The molecule has 1 atom stereocenters. The highest BCUT2D eigenvalue weighted by Crippen LogP contribution is 2.35. The van der Waals surface area contributed by atoms with Gasteiger partial charge in [0.25, 0.3) is 0 Å². The van der Waals surface area contributed by atoms with Gasteiger partial charge in [-0.2, -0.15) is 0 Å². The first-order valence-electron chi connectivity index (χ1n) is 9.87. The molecule has 5 heteroatoms. The van der Waals surface area contributed by atoms with Gasteiger partial charge in [0.1, 0.15) is 0 Å². The lowest BCUT2D eigenvalue weighted by atomic mass is 9.87. The van der Waals surface area contributed by atoms with Crippen LogP contribution in [0.15, 0.2) is 48.7 Å². The smallest absolute Gasteiger partial charge is 0.223 e. The van der Waals surface area contributed by atoms with E-state index in [1.54, 1.807) is 0 Å². The van der Waals surface area contributed by atoms with E-state index in [0.717, 1.165) is 23.1 Å². The lowest BCUT2D eigenvalue weighted by molar-refractivity contribution is -0.135. The second-order valence-electron chi connectivity index (χ2n) is 7.24. The van der Waals surface area contributed by atoms with Crippen molar-refractivity contribution in [3.63, 3.8) is 0 Å². The normalized spacial score (nSPS) is 15.7. The zero-order valence-electron chi connectivity index (χ0n) is 16.1. The first-order valence-corrected chi connectivity index (χ1v) is 10.2. The van der Waals surface area contributed by atoms with Gasteiger partial charge in [0.15, 0.2) is 0 Å². The van der Waals surface area contributed by atoms with Crippen LogP contribution in [0.4, 0.5) is 0 Å². The molecular formula is C23H25ClN2O2. The zero-order valence-corrected chi connectivity index (χ0v) is 16.8. The highest BCUT2D eigenvalue weighted by atomic mass is 35.5. The highest BCUT2D eigenvalue weighted by molar-refractivity contribution is 6.30. The number of amides is 1. The van der Waals surface area contributed by atoms with E-state index in [1.807, 2.05) is 29.2 Å². The van der Waals surface area contributed by atoms with Crippen LogP contribution in [0.2, 0.25) is 5.02 Å². The van der Waals surface area contributed by atoms with Crippen molar-refractivity contribution >= 4 is 28.4 Å². The Hall–Kier alpha value is -2.30. The van der Waals surface area contributed by atoms with E-state index in [4.69, 9.17) is 16.3 Å². The Balaban J connectivity index is 1.73. The zero-order chi connectivity index (χ0) is 19.5. The fourth-order valence-electron chi connectivity index (χ4n) is 4.04. The summed E-state index contributed by atoms with van der Waals surface area (Å²) in [7, 11) is 0. The van der Waals surface area contributed by atoms with Crippen molar-refractivity contribution in [1.29, 1.82) is 0 Å². The molecule has 0 saturated carbocycles. The van der Waals surface area contributed by atoms with Crippen LogP contribution >= 0.6 is 11.6 Å². The number of benzene rings is 2. The number of para-hydroxylation sites is 1. The molecule has 2 heterocycles. The lowest BCUT2D eigenvalue weighted by Crippen LogP contribution is -2.41. The van der Waals surface area contributed by atoms with Crippen LogP contribution < -0.4 is 0 Å². The summed E-state index contributed by atoms with van der Waals surface area (Å²) in [5, 5.41) is 1.89. The summed E-state index contributed by atoms with van der Waals surface area (Å²) in [6, 6.07) is 14.2. The van der Waals surface area contributed by atoms with E-state index in [1.165, 1.54) is 10.9 Å². The second kappa shape index (κ2) is 8.38.